The number of anilines is 2. The molecule has 0 saturated carbocycles. The van der Waals surface area contributed by atoms with Gasteiger partial charge in [0.15, 0.2) is 0 Å². The lowest BCUT2D eigenvalue weighted by Crippen LogP contribution is -2.12. The SMILES string of the molecule is Cn1cc(-c2cc(Oc3cccc(N)c3)ccn2)cn1.Cn1cc(-c2cc(Oc3cccc(NC(=O)c4cccc(-n5cccc5)c4)c3)ccn2)cn1. The van der Waals surface area contributed by atoms with Crippen LogP contribution in [0.5, 0.6) is 23.0 Å². The maximum Gasteiger partial charge on any atom is 0.255 e. The fourth-order valence-electron chi connectivity index (χ4n) is 5.38. The fourth-order valence-corrected chi connectivity index (χ4v) is 5.38. The molecule has 0 radical (unpaired) electrons. The van der Waals surface area contributed by atoms with Gasteiger partial charge in [0.1, 0.15) is 23.0 Å². The van der Waals surface area contributed by atoms with E-state index in [1.807, 2.05) is 128 Å². The molecule has 0 saturated heterocycles. The molecule has 8 rings (SSSR count). The van der Waals surface area contributed by atoms with Gasteiger partial charge in [0.05, 0.1) is 23.8 Å². The van der Waals surface area contributed by atoms with Gasteiger partial charge in [-0.2, -0.15) is 10.2 Å². The summed E-state index contributed by atoms with van der Waals surface area (Å²) in [5.41, 5.74) is 12.0. The summed E-state index contributed by atoms with van der Waals surface area (Å²) in [4.78, 5) is 21.5. The number of nitrogens with two attached hydrogens (primary N) is 1. The summed E-state index contributed by atoms with van der Waals surface area (Å²) in [6, 6.07) is 33.3. The first-order valence-corrected chi connectivity index (χ1v) is 16.6. The molecule has 3 aromatic carbocycles. The average molecular weight is 702 g/mol. The maximum atomic E-state index is 12.8. The molecule has 0 unspecified atom stereocenters. The number of aryl methyl sites for hydroxylation is 2. The molecule has 0 aliphatic heterocycles. The molecular formula is C41H35N9O3. The van der Waals surface area contributed by atoms with E-state index in [-0.39, 0.29) is 5.91 Å². The van der Waals surface area contributed by atoms with Crippen LogP contribution in [0.2, 0.25) is 0 Å². The van der Waals surface area contributed by atoms with Crippen LogP contribution in [0.15, 0.2) is 159 Å². The lowest BCUT2D eigenvalue weighted by Gasteiger charge is -2.10. The van der Waals surface area contributed by atoms with Crippen molar-refractivity contribution in [3.63, 3.8) is 0 Å². The van der Waals surface area contributed by atoms with Crippen molar-refractivity contribution in [2.75, 3.05) is 11.1 Å². The summed E-state index contributed by atoms with van der Waals surface area (Å²) in [5.74, 6) is 2.48. The number of carbonyl (C=O) groups is 1. The van der Waals surface area contributed by atoms with E-state index in [0.717, 1.165) is 28.2 Å². The van der Waals surface area contributed by atoms with Crippen molar-refractivity contribution in [3.05, 3.63) is 164 Å². The summed E-state index contributed by atoms with van der Waals surface area (Å²) in [6.45, 7) is 0. The number of hydrogen-bond acceptors (Lipinski definition) is 8. The Labute approximate surface area is 305 Å². The Morgan fingerprint density at radius 1 is 0.642 bits per heavy atom. The van der Waals surface area contributed by atoms with Crippen LogP contribution in [0.4, 0.5) is 11.4 Å². The third-order valence-corrected chi connectivity index (χ3v) is 7.90. The Morgan fingerprint density at radius 3 is 1.79 bits per heavy atom. The highest BCUT2D eigenvalue weighted by Crippen LogP contribution is 2.28. The van der Waals surface area contributed by atoms with E-state index in [1.165, 1.54) is 0 Å². The number of aromatic nitrogens is 7. The highest BCUT2D eigenvalue weighted by Gasteiger charge is 2.10. The van der Waals surface area contributed by atoms with Crippen LogP contribution < -0.4 is 20.5 Å². The highest BCUT2D eigenvalue weighted by molar-refractivity contribution is 6.04. The molecule has 0 fully saturated rings. The molecule has 0 bridgehead atoms. The van der Waals surface area contributed by atoms with Crippen molar-refractivity contribution < 1.29 is 14.3 Å². The van der Waals surface area contributed by atoms with Gasteiger partial charge in [-0.3, -0.25) is 24.1 Å². The zero-order chi connectivity index (χ0) is 36.6. The van der Waals surface area contributed by atoms with E-state index < -0.39 is 0 Å². The molecule has 0 spiro atoms. The van der Waals surface area contributed by atoms with E-state index in [1.54, 1.807) is 58.4 Å². The number of pyridine rings is 2. The molecule has 3 N–H and O–H groups in total. The van der Waals surface area contributed by atoms with E-state index in [4.69, 9.17) is 15.2 Å². The predicted molar refractivity (Wildman–Crippen MR) is 204 cm³/mol. The summed E-state index contributed by atoms with van der Waals surface area (Å²) in [7, 11) is 3.73. The molecular weight excluding hydrogens is 667 g/mol. The second-order valence-corrected chi connectivity index (χ2v) is 12.0. The molecule has 1 amide bonds. The molecule has 0 aliphatic carbocycles. The molecule has 12 heteroatoms. The Morgan fingerprint density at radius 2 is 1.21 bits per heavy atom. The van der Waals surface area contributed by atoms with Crippen molar-refractivity contribution >= 4 is 17.3 Å². The number of nitrogens with zero attached hydrogens (tertiary/aromatic N) is 7. The number of nitrogen functional groups attached to an aromatic ring is 1. The number of benzene rings is 3. The first-order chi connectivity index (χ1) is 25.8. The van der Waals surface area contributed by atoms with E-state index >= 15 is 0 Å². The Balaban J connectivity index is 0.000000186. The lowest BCUT2D eigenvalue weighted by molar-refractivity contribution is 0.102. The summed E-state index contributed by atoms with van der Waals surface area (Å²) in [5, 5.41) is 11.3. The van der Waals surface area contributed by atoms with Crippen LogP contribution in [0, 0.1) is 0 Å². The monoisotopic (exact) mass is 701 g/mol. The first-order valence-electron chi connectivity index (χ1n) is 16.6. The maximum absolute atomic E-state index is 12.8. The number of ether oxygens (including phenoxy) is 2. The Kier molecular flexibility index (Phi) is 10.0. The van der Waals surface area contributed by atoms with Gasteiger partial charge in [-0.15, -0.1) is 0 Å². The van der Waals surface area contributed by atoms with E-state index in [0.29, 0.717) is 39.9 Å². The standard InChI is InChI=1S/C26H21N5O2.C15H14N4O/c1-30-18-20(17-28-30)25-16-24(10-11-27-25)33-23-9-5-7-21(15-23)29-26(32)19-6-4-8-22(14-19)31-12-2-3-13-31;1-19-10-11(9-18-19)15-8-14(5-6-17-15)20-13-4-2-3-12(16)7-13/h2-18H,1H3,(H,29,32);2-10H,16H2,1H3. The van der Waals surface area contributed by atoms with Gasteiger partial charge in [-0.1, -0.05) is 18.2 Å². The van der Waals surface area contributed by atoms with Crippen LogP contribution in [0.3, 0.4) is 0 Å². The van der Waals surface area contributed by atoms with Gasteiger partial charge in [-0.25, -0.2) is 0 Å². The quantitative estimate of drug-likeness (QED) is 0.144. The second-order valence-electron chi connectivity index (χ2n) is 12.0. The van der Waals surface area contributed by atoms with Gasteiger partial charge in [0, 0.05) is 109 Å². The number of nitrogens with one attached hydrogen (secondary N) is 1. The minimum absolute atomic E-state index is 0.191. The van der Waals surface area contributed by atoms with Gasteiger partial charge in [-0.05, 0) is 66.7 Å². The van der Waals surface area contributed by atoms with Crippen LogP contribution >= 0.6 is 0 Å². The smallest absolute Gasteiger partial charge is 0.255 e. The highest BCUT2D eigenvalue weighted by atomic mass is 16.5. The average Bonchev–Trinajstić information content (AvgIpc) is 3.96. The van der Waals surface area contributed by atoms with Gasteiger partial charge < -0.3 is 25.1 Å². The molecule has 0 aliphatic rings. The third-order valence-electron chi connectivity index (χ3n) is 7.90. The number of carbonyl (C=O) groups excluding carboxylic acids is 1. The van der Waals surface area contributed by atoms with Crippen molar-refractivity contribution in [3.8, 4) is 51.2 Å². The normalized spacial score (nSPS) is 10.6. The van der Waals surface area contributed by atoms with Gasteiger partial charge in [0.25, 0.3) is 5.91 Å². The number of hydrogen-bond donors (Lipinski definition) is 2. The van der Waals surface area contributed by atoms with Crippen LogP contribution in [-0.2, 0) is 14.1 Å². The predicted octanol–water partition coefficient (Wildman–Crippen LogP) is 8.17. The minimum atomic E-state index is -0.191. The summed E-state index contributed by atoms with van der Waals surface area (Å²) >= 11 is 0. The molecule has 0 atom stereocenters. The molecule has 262 valence electrons. The van der Waals surface area contributed by atoms with E-state index in [9.17, 15) is 4.79 Å². The summed E-state index contributed by atoms with van der Waals surface area (Å²) in [6.07, 6.45) is 14.6. The lowest BCUT2D eigenvalue weighted by atomic mass is 10.1. The van der Waals surface area contributed by atoms with Crippen molar-refractivity contribution in [1.82, 2.24) is 34.1 Å². The van der Waals surface area contributed by atoms with Crippen molar-refractivity contribution in [2.24, 2.45) is 14.1 Å². The largest absolute Gasteiger partial charge is 0.457 e. The molecule has 53 heavy (non-hydrogen) atoms. The van der Waals surface area contributed by atoms with Crippen LogP contribution in [-0.4, -0.2) is 40.0 Å². The first kappa shape index (κ1) is 34.0. The zero-order valence-electron chi connectivity index (χ0n) is 28.9. The number of amides is 1. The van der Waals surface area contributed by atoms with Gasteiger partial charge >= 0.3 is 0 Å². The van der Waals surface area contributed by atoms with Crippen LogP contribution in [0.1, 0.15) is 10.4 Å². The minimum Gasteiger partial charge on any atom is -0.457 e. The second kappa shape index (κ2) is 15.6. The molecule has 8 aromatic rings. The zero-order valence-corrected chi connectivity index (χ0v) is 28.9. The fraction of sp³-hybridized carbons (Fsp3) is 0.0488. The molecule has 5 aromatic heterocycles. The molecule has 12 nitrogen and oxygen atoms in total. The Hall–Kier alpha value is -7.47. The van der Waals surface area contributed by atoms with Crippen molar-refractivity contribution in [2.45, 2.75) is 0 Å². The Bertz CT molecular complexity index is 2470. The third kappa shape index (κ3) is 8.83. The van der Waals surface area contributed by atoms with E-state index in [2.05, 4.69) is 25.5 Å². The van der Waals surface area contributed by atoms with Crippen molar-refractivity contribution in [1.29, 1.82) is 0 Å². The van der Waals surface area contributed by atoms with Crippen LogP contribution in [0.25, 0.3) is 28.2 Å². The number of rotatable bonds is 9. The molecule has 5 heterocycles. The topological polar surface area (TPSA) is 140 Å². The van der Waals surface area contributed by atoms with Gasteiger partial charge in [0.2, 0.25) is 0 Å². The summed E-state index contributed by atoms with van der Waals surface area (Å²) < 4.78 is 17.2.